The summed E-state index contributed by atoms with van der Waals surface area (Å²) in [4.78, 5) is 11.3. The molecule has 0 N–H and O–H groups in total. The van der Waals surface area contributed by atoms with Crippen LogP contribution >= 0.6 is 0 Å². The summed E-state index contributed by atoms with van der Waals surface area (Å²) in [5, 5.41) is 0. The lowest BCUT2D eigenvalue weighted by Crippen LogP contribution is -2.33. The number of rotatable bonds is 0. The lowest BCUT2D eigenvalue weighted by molar-refractivity contribution is -0.161. The van der Waals surface area contributed by atoms with Gasteiger partial charge in [-0.1, -0.05) is 18.2 Å². The van der Waals surface area contributed by atoms with Gasteiger partial charge < -0.3 is 9.47 Å². The van der Waals surface area contributed by atoms with E-state index in [-0.39, 0.29) is 12.1 Å². The highest BCUT2D eigenvalue weighted by Gasteiger charge is 2.37. The molecule has 15 heavy (non-hydrogen) atoms. The molecular formula is C12H12O3. The fourth-order valence-corrected chi connectivity index (χ4v) is 2.28. The van der Waals surface area contributed by atoms with Crippen molar-refractivity contribution >= 4 is 5.97 Å². The first-order chi connectivity index (χ1) is 7.34. The van der Waals surface area contributed by atoms with Crippen molar-refractivity contribution in [3.8, 4) is 5.75 Å². The molecule has 0 bridgehead atoms. The number of fused-ring (bicyclic) bond motifs is 3. The molecular weight excluding hydrogens is 192 g/mol. The first-order valence-electron chi connectivity index (χ1n) is 5.26. The zero-order valence-corrected chi connectivity index (χ0v) is 8.31. The second-order valence-corrected chi connectivity index (χ2v) is 4.06. The summed E-state index contributed by atoms with van der Waals surface area (Å²) >= 11 is 0. The van der Waals surface area contributed by atoms with Crippen LogP contribution in [0.4, 0.5) is 0 Å². The molecule has 0 saturated carbocycles. The third-order valence-corrected chi connectivity index (χ3v) is 3.08. The highest BCUT2D eigenvalue weighted by molar-refractivity contribution is 5.70. The summed E-state index contributed by atoms with van der Waals surface area (Å²) < 4.78 is 11.0. The zero-order chi connectivity index (χ0) is 10.3. The topological polar surface area (TPSA) is 35.5 Å². The minimum atomic E-state index is -0.0899. The van der Waals surface area contributed by atoms with Gasteiger partial charge in [-0.15, -0.1) is 0 Å². The molecule has 0 spiro atoms. The Morgan fingerprint density at radius 2 is 2.13 bits per heavy atom. The standard InChI is InChI=1S/C12H12O3/c13-11-6-5-8-7-14-10-4-2-1-3-9(10)12(8)15-11/h1-4,8,12H,5-7H2/t8?,12-/m0/s1. The fraction of sp³-hybridized carbons (Fsp3) is 0.417. The van der Waals surface area contributed by atoms with E-state index in [0.29, 0.717) is 18.9 Å². The minimum Gasteiger partial charge on any atom is -0.493 e. The van der Waals surface area contributed by atoms with Crippen LogP contribution in [0, 0.1) is 5.92 Å². The zero-order valence-electron chi connectivity index (χ0n) is 8.31. The van der Waals surface area contributed by atoms with Crippen LogP contribution in [-0.4, -0.2) is 12.6 Å². The van der Waals surface area contributed by atoms with Crippen LogP contribution in [0.5, 0.6) is 5.75 Å². The van der Waals surface area contributed by atoms with E-state index in [1.54, 1.807) is 0 Å². The van der Waals surface area contributed by atoms with E-state index in [9.17, 15) is 4.79 Å². The Kier molecular flexibility index (Phi) is 1.91. The van der Waals surface area contributed by atoms with E-state index in [1.807, 2.05) is 24.3 Å². The van der Waals surface area contributed by atoms with Crippen LogP contribution < -0.4 is 4.74 Å². The quantitative estimate of drug-likeness (QED) is 0.607. The van der Waals surface area contributed by atoms with E-state index in [1.165, 1.54) is 0 Å². The Balaban J connectivity index is 2.00. The fourth-order valence-electron chi connectivity index (χ4n) is 2.28. The van der Waals surface area contributed by atoms with Crippen molar-refractivity contribution < 1.29 is 14.3 Å². The highest BCUT2D eigenvalue weighted by Crippen LogP contribution is 2.42. The first-order valence-corrected chi connectivity index (χ1v) is 5.26. The van der Waals surface area contributed by atoms with E-state index < -0.39 is 0 Å². The van der Waals surface area contributed by atoms with Gasteiger partial charge in [-0.3, -0.25) is 4.79 Å². The first kappa shape index (κ1) is 8.77. The summed E-state index contributed by atoms with van der Waals surface area (Å²) in [6.07, 6.45) is 1.31. The number of esters is 1. The molecule has 0 radical (unpaired) electrons. The largest absolute Gasteiger partial charge is 0.493 e. The SMILES string of the molecule is O=C1CCC2COc3ccccc3[C@H]2O1. The summed E-state index contributed by atoms with van der Waals surface area (Å²) in [6.45, 7) is 0.662. The van der Waals surface area contributed by atoms with Crippen molar-refractivity contribution in [3.05, 3.63) is 29.8 Å². The Morgan fingerprint density at radius 1 is 1.27 bits per heavy atom. The van der Waals surface area contributed by atoms with E-state index >= 15 is 0 Å². The second-order valence-electron chi connectivity index (χ2n) is 4.06. The van der Waals surface area contributed by atoms with Crippen LogP contribution in [0.2, 0.25) is 0 Å². The van der Waals surface area contributed by atoms with Crippen molar-refractivity contribution in [2.24, 2.45) is 5.92 Å². The average molecular weight is 204 g/mol. The Morgan fingerprint density at radius 3 is 3.07 bits per heavy atom. The van der Waals surface area contributed by atoms with Gasteiger partial charge in [0.25, 0.3) is 0 Å². The van der Waals surface area contributed by atoms with Crippen LogP contribution in [0.1, 0.15) is 24.5 Å². The number of hydrogen-bond donors (Lipinski definition) is 0. The van der Waals surface area contributed by atoms with E-state index in [0.717, 1.165) is 17.7 Å². The van der Waals surface area contributed by atoms with Crippen LogP contribution in [0.25, 0.3) is 0 Å². The Hall–Kier alpha value is -1.51. The molecule has 1 aromatic rings. The average Bonchev–Trinajstić information content (AvgIpc) is 2.29. The number of carbonyl (C=O) groups is 1. The normalized spacial score (nSPS) is 28.4. The smallest absolute Gasteiger partial charge is 0.306 e. The molecule has 78 valence electrons. The summed E-state index contributed by atoms with van der Waals surface area (Å²) in [5.74, 6) is 1.10. The number of benzene rings is 1. The monoisotopic (exact) mass is 204 g/mol. The van der Waals surface area contributed by atoms with Gasteiger partial charge in [0, 0.05) is 17.9 Å². The van der Waals surface area contributed by atoms with Crippen molar-refractivity contribution in [1.29, 1.82) is 0 Å². The number of carbonyl (C=O) groups excluding carboxylic acids is 1. The molecule has 0 aliphatic carbocycles. The predicted octanol–water partition coefficient (Wildman–Crippen LogP) is 2.07. The molecule has 3 rings (SSSR count). The number of para-hydroxylation sites is 1. The second kappa shape index (κ2) is 3.26. The van der Waals surface area contributed by atoms with Crippen molar-refractivity contribution in [2.45, 2.75) is 18.9 Å². The summed E-state index contributed by atoms with van der Waals surface area (Å²) in [6, 6.07) is 7.79. The molecule has 0 aromatic heterocycles. The molecule has 2 aliphatic heterocycles. The van der Waals surface area contributed by atoms with Gasteiger partial charge >= 0.3 is 5.97 Å². The van der Waals surface area contributed by atoms with Gasteiger partial charge in [0.05, 0.1) is 6.61 Å². The van der Waals surface area contributed by atoms with Crippen molar-refractivity contribution in [1.82, 2.24) is 0 Å². The molecule has 1 fully saturated rings. The van der Waals surface area contributed by atoms with Gasteiger partial charge in [-0.05, 0) is 12.5 Å². The molecule has 1 aromatic carbocycles. The predicted molar refractivity (Wildman–Crippen MR) is 53.5 cm³/mol. The molecule has 3 heteroatoms. The van der Waals surface area contributed by atoms with E-state index in [2.05, 4.69) is 0 Å². The molecule has 2 atom stereocenters. The third kappa shape index (κ3) is 1.39. The van der Waals surface area contributed by atoms with Crippen molar-refractivity contribution in [3.63, 3.8) is 0 Å². The number of ether oxygens (including phenoxy) is 2. The molecule has 1 unspecified atom stereocenters. The maximum atomic E-state index is 11.3. The molecule has 3 nitrogen and oxygen atoms in total. The molecule has 2 heterocycles. The van der Waals surface area contributed by atoms with Crippen LogP contribution in [0.15, 0.2) is 24.3 Å². The van der Waals surface area contributed by atoms with Gasteiger partial charge in [0.15, 0.2) is 0 Å². The van der Waals surface area contributed by atoms with Gasteiger partial charge in [0.1, 0.15) is 11.9 Å². The van der Waals surface area contributed by atoms with E-state index in [4.69, 9.17) is 9.47 Å². The van der Waals surface area contributed by atoms with Gasteiger partial charge in [-0.2, -0.15) is 0 Å². The molecule has 2 aliphatic rings. The molecule has 1 saturated heterocycles. The Bertz CT molecular complexity index is 400. The minimum absolute atomic E-state index is 0.0869. The lowest BCUT2D eigenvalue weighted by atomic mass is 9.88. The van der Waals surface area contributed by atoms with Crippen LogP contribution in [-0.2, 0) is 9.53 Å². The summed E-state index contributed by atoms with van der Waals surface area (Å²) in [7, 11) is 0. The third-order valence-electron chi connectivity index (χ3n) is 3.08. The maximum Gasteiger partial charge on any atom is 0.306 e. The Labute approximate surface area is 88.0 Å². The van der Waals surface area contributed by atoms with Gasteiger partial charge in [-0.25, -0.2) is 0 Å². The molecule has 0 amide bonds. The lowest BCUT2D eigenvalue weighted by Gasteiger charge is -2.35. The highest BCUT2D eigenvalue weighted by atomic mass is 16.6. The summed E-state index contributed by atoms with van der Waals surface area (Å²) in [5.41, 5.74) is 1.02. The number of hydrogen-bond acceptors (Lipinski definition) is 3. The van der Waals surface area contributed by atoms with Crippen molar-refractivity contribution in [2.75, 3.05) is 6.61 Å². The maximum absolute atomic E-state index is 11.3. The van der Waals surface area contributed by atoms with Crippen LogP contribution in [0.3, 0.4) is 0 Å². The van der Waals surface area contributed by atoms with Gasteiger partial charge in [0.2, 0.25) is 0 Å².